The van der Waals surface area contributed by atoms with E-state index < -0.39 is 0 Å². The lowest BCUT2D eigenvalue weighted by molar-refractivity contribution is 0.248. The van der Waals surface area contributed by atoms with Gasteiger partial charge in [-0.15, -0.1) is 0 Å². The van der Waals surface area contributed by atoms with Crippen molar-refractivity contribution in [2.75, 3.05) is 20.3 Å². The van der Waals surface area contributed by atoms with Gasteiger partial charge in [0.25, 0.3) is 0 Å². The Morgan fingerprint density at radius 2 is 1.84 bits per heavy atom. The van der Waals surface area contributed by atoms with Crippen LogP contribution in [0.4, 0.5) is 0 Å². The van der Waals surface area contributed by atoms with E-state index in [9.17, 15) is 0 Å². The zero-order valence-electron chi connectivity index (χ0n) is 12.4. The first-order valence-electron chi connectivity index (χ1n) is 7.23. The molecular weight excluding hydrogens is 238 g/mol. The summed E-state index contributed by atoms with van der Waals surface area (Å²) in [4.78, 5) is 0. The molecule has 2 unspecified atom stereocenters. The molecule has 0 spiro atoms. The monoisotopic (exact) mass is 265 g/mol. The van der Waals surface area contributed by atoms with E-state index in [4.69, 9.17) is 9.84 Å². The zero-order chi connectivity index (χ0) is 14.1. The molecule has 0 saturated heterocycles. The molecule has 3 nitrogen and oxygen atoms in total. The van der Waals surface area contributed by atoms with Crippen molar-refractivity contribution in [3.05, 3.63) is 29.8 Å². The molecule has 1 aromatic rings. The zero-order valence-corrected chi connectivity index (χ0v) is 12.4. The minimum absolute atomic E-state index is 0.277. The summed E-state index contributed by atoms with van der Waals surface area (Å²) in [5.74, 6) is 1.45. The quantitative estimate of drug-likeness (QED) is 0.720. The number of aliphatic hydroxyl groups is 1. The summed E-state index contributed by atoms with van der Waals surface area (Å²) in [7, 11) is 1.69. The number of ether oxygens (including phenoxy) is 1. The fourth-order valence-corrected chi connectivity index (χ4v) is 2.28. The highest BCUT2D eigenvalue weighted by atomic mass is 16.5. The molecule has 0 amide bonds. The Hall–Kier alpha value is -1.06. The van der Waals surface area contributed by atoms with Crippen molar-refractivity contribution in [1.82, 2.24) is 5.32 Å². The smallest absolute Gasteiger partial charge is 0.118 e. The molecule has 108 valence electrons. The predicted molar refractivity (Wildman–Crippen MR) is 79.5 cm³/mol. The van der Waals surface area contributed by atoms with E-state index >= 15 is 0 Å². The van der Waals surface area contributed by atoms with Gasteiger partial charge >= 0.3 is 0 Å². The van der Waals surface area contributed by atoms with E-state index in [-0.39, 0.29) is 6.61 Å². The number of benzene rings is 1. The maximum Gasteiger partial charge on any atom is 0.118 e. The first-order valence-corrected chi connectivity index (χ1v) is 7.23. The van der Waals surface area contributed by atoms with E-state index in [0.717, 1.165) is 31.6 Å². The number of aliphatic hydroxyl groups excluding tert-OH is 1. The highest BCUT2D eigenvalue weighted by Crippen LogP contribution is 2.20. The Morgan fingerprint density at radius 3 is 2.32 bits per heavy atom. The Kier molecular flexibility index (Phi) is 7.53. The largest absolute Gasteiger partial charge is 0.497 e. The van der Waals surface area contributed by atoms with Gasteiger partial charge in [-0.3, -0.25) is 0 Å². The molecule has 2 atom stereocenters. The molecule has 0 aromatic heterocycles. The Balaban J connectivity index is 2.56. The van der Waals surface area contributed by atoms with Crippen molar-refractivity contribution in [3.63, 3.8) is 0 Å². The van der Waals surface area contributed by atoms with Gasteiger partial charge in [-0.05, 0) is 43.0 Å². The van der Waals surface area contributed by atoms with Crippen molar-refractivity contribution >= 4 is 0 Å². The van der Waals surface area contributed by atoms with Crippen molar-refractivity contribution in [2.24, 2.45) is 5.92 Å². The van der Waals surface area contributed by atoms with E-state index in [2.05, 4.69) is 31.3 Å². The molecule has 0 aliphatic carbocycles. The fourth-order valence-electron chi connectivity index (χ4n) is 2.28. The summed E-state index contributed by atoms with van der Waals surface area (Å²) in [5.41, 5.74) is 1.29. The van der Waals surface area contributed by atoms with E-state index in [1.807, 2.05) is 12.1 Å². The molecule has 3 heteroatoms. The van der Waals surface area contributed by atoms with Crippen LogP contribution in [-0.2, 0) is 0 Å². The Labute approximate surface area is 117 Å². The van der Waals surface area contributed by atoms with Crippen LogP contribution in [0.15, 0.2) is 24.3 Å². The first-order chi connectivity index (χ1) is 9.24. The highest BCUT2D eigenvalue weighted by Gasteiger charge is 2.12. The lowest BCUT2D eigenvalue weighted by Gasteiger charge is -2.21. The second-order valence-corrected chi connectivity index (χ2v) is 4.93. The third kappa shape index (κ3) is 5.21. The number of nitrogens with one attached hydrogen (secondary N) is 1. The minimum Gasteiger partial charge on any atom is -0.497 e. The van der Waals surface area contributed by atoms with Crippen LogP contribution in [0, 0.1) is 5.92 Å². The van der Waals surface area contributed by atoms with E-state index in [1.165, 1.54) is 5.56 Å². The fraction of sp³-hybridized carbons (Fsp3) is 0.625. The molecule has 0 aliphatic heterocycles. The van der Waals surface area contributed by atoms with Gasteiger partial charge in [0, 0.05) is 12.6 Å². The first kappa shape index (κ1) is 16.0. The lowest BCUT2D eigenvalue weighted by Crippen LogP contribution is -2.27. The van der Waals surface area contributed by atoms with Crippen LogP contribution in [0.25, 0.3) is 0 Å². The molecule has 0 radical (unpaired) electrons. The summed E-state index contributed by atoms with van der Waals surface area (Å²) >= 11 is 0. The molecule has 0 aliphatic rings. The van der Waals surface area contributed by atoms with Gasteiger partial charge in [-0.2, -0.15) is 0 Å². The standard InChI is InChI=1S/C16H27NO2/c1-4-13(10-11-18)12-17-16(5-2)14-6-8-15(19-3)9-7-14/h6-9,13,16-18H,4-5,10-12H2,1-3H3. The van der Waals surface area contributed by atoms with E-state index in [0.29, 0.717) is 12.0 Å². The molecule has 0 bridgehead atoms. The maximum absolute atomic E-state index is 9.02. The van der Waals surface area contributed by atoms with Crippen LogP contribution in [0.3, 0.4) is 0 Å². The average Bonchev–Trinajstić information content (AvgIpc) is 2.47. The summed E-state index contributed by atoms with van der Waals surface area (Å²) in [6.07, 6.45) is 3.04. The van der Waals surface area contributed by atoms with Crippen LogP contribution < -0.4 is 10.1 Å². The molecule has 1 rings (SSSR count). The van der Waals surface area contributed by atoms with E-state index in [1.54, 1.807) is 7.11 Å². The number of hydrogen-bond donors (Lipinski definition) is 2. The third-order valence-corrected chi connectivity index (χ3v) is 3.69. The molecule has 19 heavy (non-hydrogen) atoms. The van der Waals surface area contributed by atoms with Crippen molar-refractivity contribution in [1.29, 1.82) is 0 Å². The minimum atomic E-state index is 0.277. The normalized spacial score (nSPS) is 14.1. The average molecular weight is 265 g/mol. The number of methoxy groups -OCH3 is 1. The van der Waals surface area contributed by atoms with Crippen LogP contribution in [0.2, 0.25) is 0 Å². The topological polar surface area (TPSA) is 41.5 Å². The van der Waals surface area contributed by atoms with Crippen molar-refractivity contribution < 1.29 is 9.84 Å². The third-order valence-electron chi connectivity index (χ3n) is 3.69. The van der Waals surface area contributed by atoms with Crippen LogP contribution in [0.5, 0.6) is 5.75 Å². The van der Waals surface area contributed by atoms with Gasteiger partial charge < -0.3 is 15.2 Å². The maximum atomic E-state index is 9.02. The number of rotatable bonds is 9. The van der Waals surface area contributed by atoms with Gasteiger partial charge in [0.1, 0.15) is 5.75 Å². The molecule has 0 fully saturated rings. The van der Waals surface area contributed by atoms with Gasteiger partial charge in [0.2, 0.25) is 0 Å². The molecule has 1 aromatic carbocycles. The molecule has 0 heterocycles. The van der Waals surface area contributed by atoms with Gasteiger partial charge in [0.15, 0.2) is 0 Å². The summed E-state index contributed by atoms with van der Waals surface area (Å²) < 4.78 is 5.18. The highest BCUT2D eigenvalue weighted by molar-refractivity contribution is 5.29. The molecular formula is C16H27NO2. The predicted octanol–water partition coefficient (Wildman–Crippen LogP) is 3.14. The van der Waals surface area contributed by atoms with Crippen molar-refractivity contribution in [2.45, 2.75) is 39.2 Å². The molecule has 2 N–H and O–H groups in total. The van der Waals surface area contributed by atoms with Crippen LogP contribution in [-0.4, -0.2) is 25.4 Å². The van der Waals surface area contributed by atoms with Crippen LogP contribution in [0.1, 0.15) is 44.7 Å². The summed E-state index contributed by atoms with van der Waals surface area (Å²) in [5, 5.41) is 12.6. The summed E-state index contributed by atoms with van der Waals surface area (Å²) in [6, 6.07) is 8.62. The van der Waals surface area contributed by atoms with Crippen LogP contribution >= 0.6 is 0 Å². The lowest BCUT2D eigenvalue weighted by atomic mass is 10.00. The van der Waals surface area contributed by atoms with Gasteiger partial charge in [0.05, 0.1) is 7.11 Å². The second kappa shape index (κ2) is 8.94. The summed E-state index contributed by atoms with van der Waals surface area (Å²) in [6.45, 7) is 5.60. The van der Waals surface area contributed by atoms with Crippen molar-refractivity contribution in [3.8, 4) is 5.75 Å². The van der Waals surface area contributed by atoms with Gasteiger partial charge in [-0.1, -0.05) is 32.4 Å². The SMILES string of the molecule is CCC(CCO)CNC(CC)c1ccc(OC)cc1. The Bertz CT molecular complexity index is 337. The number of hydrogen-bond acceptors (Lipinski definition) is 3. The second-order valence-electron chi connectivity index (χ2n) is 4.93. The Morgan fingerprint density at radius 1 is 1.16 bits per heavy atom. The van der Waals surface area contributed by atoms with Gasteiger partial charge in [-0.25, -0.2) is 0 Å². The molecule has 0 saturated carbocycles.